The number of ether oxygens (including phenoxy) is 5. The molecule has 2 atom stereocenters. The summed E-state index contributed by atoms with van der Waals surface area (Å²) in [5.74, 6) is 0.557. The average Bonchev–Trinajstić information content (AvgIpc) is 3.84. The van der Waals surface area contributed by atoms with Gasteiger partial charge in [0.25, 0.3) is 0 Å². The van der Waals surface area contributed by atoms with Crippen LogP contribution in [0.1, 0.15) is 84.4 Å². The fourth-order valence-corrected chi connectivity index (χ4v) is 6.17. The van der Waals surface area contributed by atoms with E-state index in [1.807, 2.05) is 58.0 Å². The quantitative estimate of drug-likeness (QED) is 0.0935. The fourth-order valence-electron chi connectivity index (χ4n) is 6.17. The lowest BCUT2D eigenvalue weighted by atomic mass is 9.92. The summed E-state index contributed by atoms with van der Waals surface area (Å²) in [6.45, 7) is 11.5. The van der Waals surface area contributed by atoms with Gasteiger partial charge in [0.15, 0.2) is 0 Å². The van der Waals surface area contributed by atoms with E-state index in [0.717, 1.165) is 28.9 Å². The molecule has 0 bridgehead atoms. The SMILES string of the molecule is CC1c2cc(OC(=O)c3ccc(C#N)cc3)ccc2-c2ccc(OC(=O)c3ccc(OC(C)(C)CC(C)(C)OCC4CO4)cc3)cc21. The first-order valence-electron chi connectivity index (χ1n) is 15.7. The summed E-state index contributed by atoms with van der Waals surface area (Å²) in [5, 5.41) is 8.99. The zero-order valence-electron chi connectivity index (χ0n) is 27.2. The highest BCUT2D eigenvalue weighted by Crippen LogP contribution is 2.47. The summed E-state index contributed by atoms with van der Waals surface area (Å²) in [6.07, 6.45) is 0.874. The van der Waals surface area contributed by atoms with Gasteiger partial charge in [-0.25, -0.2) is 9.59 Å². The minimum atomic E-state index is -0.498. The minimum absolute atomic E-state index is 0.00980. The van der Waals surface area contributed by atoms with Crippen molar-refractivity contribution in [1.29, 1.82) is 5.26 Å². The standard InChI is InChI=1S/C39H37NO7/c1-24-34-18-29(45-36(41)26-8-6-25(20-40)7-9-26)14-16-32(34)33-17-15-30(19-35(24)33)46-37(42)27-10-12-28(13-11-27)47-39(4,5)23-38(2,3)44-22-31-21-43-31/h6-19,24,31H,21-23H2,1-5H3. The third-order valence-electron chi connectivity index (χ3n) is 8.34. The van der Waals surface area contributed by atoms with Gasteiger partial charge in [-0.2, -0.15) is 5.26 Å². The number of benzene rings is 4. The van der Waals surface area contributed by atoms with Crippen molar-refractivity contribution in [3.63, 3.8) is 0 Å². The van der Waals surface area contributed by atoms with E-state index in [2.05, 4.69) is 6.92 Å². The molecule has 240 valence electrons. The molecule has 6 rings (SSSR count). The number of nitrogens with zero attached hydrogens (tertiary/aromatic N) is 1. The number of epoxide rings is 1. The number of nitriles is 1. The van der Waals surface area contributed by atoms with E-state index in [0.29, 0.717) is 47.0 Å². The van der Waals surface area contributed by atoms with Crippen molar-refractivity contribution in [1.82, 2.24) is 0 Å². The van der Waals surface area contributed by atoms with E-state index >= 15 is 0 Å². The van der Waals surface area contributed by atoms with Gasteiger partial charge in [-0.3, -0.25) is 0 Å². The molecule has 0 aromatic heterocycles. The Bertz CT molecular complexity index is 1850. The Labute approximate surface area is 274 Å². The first-order chi connectivity index (χ1) is 22.4. The highest BCUT2D eigenvalue weighted by Gasteiger charge is 2.34. The molecule has 8 nitrogen and oxygen atoms in total. The van der Waals surface area contributed by atoms with Gasteiger partial charge in [-0.15, -0.1) is 0 Å². The van der Waals surface area contributed by atoms with Crippen molar-refractivity contribution in [2.24, 2.45) is 0 Å². The topological polar surface area (TPSA) is 107 Å². The van der Waals surface area contributed by atoms with Gasteiger partial charge in [-0.1, -0.05) is 19.1 Å². The molecule has 1 fully saturated rings. The van der Waals surface area contributed by atoms with Crippen molar-refractivity contribution >= 4 is 11.9 Å². The number of hydrogen-bond donors (Lipinski definition) is 0. The molecule has 4 aromatic carbocycles. The number of hydrogen-bond acceptors (Lipinski definition) is 8. The molecule has 1 saturated heterocycles. The largest absolute Gasteiger partial charge is 0.488 e. The Morgan fingerprint density at radius 3 is 1.74 bits per heavy atom. The van der Waals surface area contributed by atoms with Crippen LogP contribution in [0.15, 0.2) is 84.9 Å². The van der Waals surface area contributed by atoms with Gasteiger partial charge in [0, 0.05) is 12.3 Å². The summed E-state index contributed by atoms with van der Waals surface area (Å²) in [4.78, 5) is 25.8. The van der Waals surface area contributed by atoms with Crippen LogP contribution in [0.3, 0.4) is 0 Å². The molecule has 47 heavy (non-hydrogen) atoms. The van der Waals surface area contributed by atoms with E-state index in [1.165, 1.54) is 0 Å². The molecule has 1 heterocycles. The number of esters is 2. The number of fused-ring (bicyclic) bond motifs is 3. The average molecular weight is 632 g/mol. The van der Waals surface area contributed by atoms with Crippen molar-refractivity contribution in [2.75, 3.05) is 13.2 Å². The Hall–Kier alpha value is -4.97. The second kappa shape index (κ2) is 12.7. The van der Waals surface area contributed by atoms with Crippen molar-refractivity contribution in [3.8, 4) is 34.4 Å². The highest BCUT2D eigenvalue weighted by molar-refractivity contribution is 5.92. The van der Waals surface area contributed by atoms with Crippen LogP contribution in [-0.4, -0.2) is 42.5 Å². The first-order valence-corrected chi connectivity index (χ1v) is 15.7. The van der Waals surface area contributed by atoms with Crippen molar-refractivity contribution < 1.29 is 33.3 Å². The van der Waals surface area contributed by atoms with E-state index in [4.69, 9.17) is 28.9 Å². The summed E-state index contributed by atoms with van der Waals surface area (Å²) < 4.78 is 29.0. The molecule has 0 amide bonds. The molecular formula is C39H37NO7. The second-order valence-corrected chi connectivity index (χ2v) is 13.3. The maximum Gasteiger partial charge on any atom is 0.343 e. The summed E-state index contributed by atoms with van der Waals surface area (Å²) >= 11 is 0. The molecule has 1 aliphatic heterocycles. The van der Waals surface area contributed by atoms with E-state index in [9.17, 15) is 9.59 Å². The molecule has 0 spiro atoms. The van der Waals surface area contributed by atoms with Crippen molar-refractivity contribution in [2.45, 2.75) is 64.3 Å². The molecule has 4 aromatic rings. The molecule has 0 N–H and O–H groups in total. The first kappa shape index (κ1) is 32.0. The van der Waals surface area contributed by atoms with Crippen LogP contribution >= 0.6 is 0 Å². The predicted octanol–water partition coefficient (Wildman–Crippen LogP) is 7.87. The molecule has 1 aliphatic carbocycles. The number of rotatable bonds is 11. The van der Waals surface area contributed by atoms with Gasteiger partial charge >= 0.3 is 11.9 Å². The Morgan fingerprint density at radius 2 is 1.26 bits per heavy atom. The van der Waals surface area contributed by atoms with Gasteiger partial charge in [0.1, 0.15) is 29.0 Å². The molecule has 2 unspecified atom stereocenters. The zero-order valence-corrected chi connectivity index (χ0v) is 27.2. The van der Waals surface area contributed by atoms with Gasteiger partial charge in [0.2, 0.25) is 0 Å². The zero-order chi connectivity index (χ0) is 33.3. The van der Waals surface area contributed by atoms with Gasteiger partial charge < -0.3 is 23.7 Å². The molecule has 2 aliphatic rings. The summed E-state index contributed by atoms with van der Waals surface area (Å²) in [5.41, 5.74) is 4.47. The number of carbonyl (C=O) groups is 2. The third-order valence-corrected chi connectivity index (χ3v) is 8.34. The second-order valence-electron chi connectivity index (χ2n) is 13.3. The minimum Gasteiger partial charge on any atom is -0.488 e. The van der Waals surface area contributed by atoms with E-state index in [-0.39, 0.29) is 17.6 Å². The van der Waals surface area contributed by atoms with Crippen LogP contribution in [-0.2, 0) is 9.47 Å². The monoisotopic (exact) mass is 631 g/mol. The Morgan fingerprint density at radius 1 is 0.766 bits per heavy atom. The normalized spacial score (nSPS) is 16.4. The maximum atomic E-state index is 13.1. The van der Waals surface area contributed by atoms with Crippen molar-refractivity contribution in [3.05, 3.63) is 113 Å². The lowest BCUT2D eigenvalue weighted by molar-refractivity contribution is -0.0691. The number of carbonyl (C=O) groups excluding carboxylic acids is 2. The van der Waals surface area contributed by atoms with Crippen LogP contribution in [0.25, 0.3) is 11.1 Å². The predicted molar refractivity (Wildman–Crippen MR) is 176 cm³/mol. The molecular weight excluding hydrogens is 594 g/mol. The molecule has 8 heteroatoms. The maximum absolute atomic E-state index is 13.1. The van der Waals surface area contributed by atoms with Gasteiger partial charge in [-0.05, 0) is 123 Å². The Balaban J connectivity index is 1.07. The van der Waals surface area contributed by atoms with Gasteiger partial charge in [0.05, 0.1) is 41.6 Å². The Kier molecular flexibility index (Phi) is 8.63. The lowest BCUT2D eigenvalue weighted by Gasteiger charge is -2.35. The molecule has 0 saturated carbocycles. The smallest absolute Gasteiger partial charge is 0.343 e. The van der Waals surface area contributed by atoms with Crippen LogP contribution < -0.4 is 14.2 Å². The van der Waals surface area contributed by atoms with Crippen LogP contribution in [0, 0.1) is 11.3 Å². The fraction of sp³-hybridized carbons (Fsp3) is 0.308. The van der Waals surface area contributed by atoms with Crippen LogP contribution in [0.5, 0.6) is 17.2 Å². The lowest BCUT2D eigenvalue weighted by Crippen LogP contribution is -2.40. The van der Waals surface area contributed by atoms with Crippen LogP contribution in [0.2, 0.25) is 0 Å². The summed E-state index contributed by atoms with van der Waals surface area (Å²) in [6, 6.07) is 26.5. The third kappa shape index (κ3) is 7.54. The van der Waals surface area contributed by atoms with Crippen LogP contribution in [0.4, 0.5) is 0 Å². The van der Waals surface area contributed by atoms with E-state index < -0.39 is 17.5 Å². The summed E-state index contributed by atoms with van der Waals surface area (Å²) in [7, 11) is 0. The molecule has 0 radical (unpaired) electrons. The van der Waals surface area contributed by atoms with E-state index in [1.54, 1.807) is 60.7 Å². The highest BCUT2D eigenvalue weighted by atomic mass is 16.6.